The molecule has 1 fully saturated rings. The van der Waals surface area contributed by atoms with Crippen LogP contribution in [0.5, 0.6) is 0 Å². The first kappa shape index (κ1) is 13.7. The van der Waals surface area contributed by atoms with Gasteiger partial charge in [-0.3, -0.25) is 4.79 Å². The Balaban J connectivity index is 1.64. The van der Waals surface area contributed by atoms with Gasteiger partial charge in [-0.1, -0.05) is 22.9 Å². The van der Waals surface area contributed by atoms with Crippen LogP contribution in [0, 0.1) is 6.92 Å². The van der Waals surface area contributed by atoms with Crippen LogP contribution in [0.2, 0.25) is 0 Å². The summed E-state index contributed by atoms with van der Waals surface area (Å²) in [6, 6.07) is 8.30. The summed E-state index contributed by atoms with van der Waals surface area (Å²) in [4.78, 5) is 17.2. The molecule has 0 N–H and O–H groups in total. The van der Waals surface area contributed by atoms with Gasteiger partial charge in [-0.2, -0.15) is 16.7 Å². The minimum absolute atomic E-state index is 0.191. The number of rotatable bonds is 4. The Kier molecular flexibility index (Phi) is 4.12. The second kappa shape index (κ2) is 6.01. The van der Waals surface area contributed by atoms with Crippen LogP contribution in [0.4, 0.5) is 0 Å². The minimum atomic E-state index is -0.204. The summed E-state index contributed by atoms with van der Waals surface area (Å²) in [6.07, 6.45) is 0. The van der Waals surface area contributed by atoms with Gasteiger partial charge >= 0.3 is 0 Å². The minimum Gasteiger partial charge on any atom is -0.338 e. The molecule has 104 valence electrons. The molecular formula is C14H14N2O2S2. The van der Waals surface area contributed by atoms with Gasteiger partial charge in [-0.05, 0) is 19.1 Å². The van der Waals surface area contributed by atoms with Crippen LogP contribution in [0.15, 0.2) is 33.7 Å². The first-order valence-corrected chi connectivity index (χ1v) is 8.49. The topological polar surface area (TPSA) is 56.0 Å². The van der Waals surface area contributed by atoms with Gasteiger partial charge < -0.3 is 4.52 Å². The molecule has 0 aliphatic carbocycles. The zero-order valence-corrected chi connectivity index (χ0v) is 12.7. The lowest BCUT2D eigenvalue weighted by Gasteiger charge is -1.99. The lowest BCUT2D eigenvalue weighted by Crippen LogP contribution is -2.09. The predicted octanol–water partition coefficient (Wildman–Crippen LogP) is 3.07. The Morgan fingerprint density at radius 3 is 3.15 bits per heavy atom. The van der Waals surface area contributed by atoms with Crippen LogP contribution in [-0.2, 0) is 10.5 Å². The van der Waals surface area contributed by atoms with Crippen molar-refractivity contribution in [2.24, 2.45) is 0 Å². The molecule has 0 amide bonds. The highest BCUT2D eigenvalue weighted by molar-refractivity contribution is 8.00. The molecule has 3 rings (SSSR count). The van der Waals surface area contributed by atoms with E-state index in [9.17, 15) is 4.79 Å². The van der Waals surface area contributed by atoms with Gasteiger partial charge in [0.2, 0.25) is 5.89 Å². The van der Waals surface area contributed by atoms with Crippen molar-refractivity contribution >= 4 is 29.3 Å². The highest BCUT2D eigenvalue weighted by Crippen LogP contribution is 2.29. The number of hydrogen-bond donors (Lipinski definition) is 0. The van der Waals surface area contributed by atoms with Crippen molar-refractivity contribution < 1.29 is 9.32 Å². The molecule has 1 aliphatic rings. The number of nitrogens with zero attached hydrogens (tertiary/aromatic N) is 2. The van der Waals surface area contributed by atoms with E-state index in [0.29, 0.717) is 23.2 Å². The number of benzene rings is 1. The molecule has 1 aliphatic heterocycles. The average molecular weight is 306 g/mol. The molecule has 1 aromatic heterocycles. The molecule has 0 saturated carbocycles. The van der Waals surface area contributed by atoms with E-state index >= 15 is 0 Å². The van der Waals surface area contributed by atoms with E-state index < -0.39 is 0 Å². The van der Waals surface area contributed by atoms with Gasteiger partial charge in [0.1, 0.15) is 5.92 Å². The third-order valence-electron chi connectivity index (χ3n) is 3.06. The number of Topliss-reactive ketones (excluding diaryl/α,β-unsaturated/α-hetero) is 1. The molecule has 6 heteroatoms. The Morgan fingerprint density at radius 1 is 1.50 bits per heavy atom. The van der Waals surface area contributed by atoms with Gasteiger partial charge in [0.25, 0.3) is 0 Å². The molecule has 1 aromatic carbocycles. The van der Waals surface area contributed by atoms with Gasteiger partial charge in [0, 0.05) is 10.6 Å². The highest BCUT2D eigenvalue weighted by Gasteiger charge is 2.31. The molecule has 1 atom stereocenters. The number of ketones is 1. The molecule has 0 spiro atoms. The van der Waals surface area contributed by atoms with Gasteiger partial charge in [0.15, 0.2) is 11.6 Å². The van der Waals surface area contributed by atoms with E-state index in [-0.39, 0.29) is 11.7 Å². The van der Waals surface area contributed by atoms with E-state index in [4.69, 9.17) is 4.52 Å². The number of carbonyl (C=O) groups excluding carboxylic acids is 1. The maximum Gasteiger partial charge on any atom is 0.238 e. The maximum atomic E-state index is 11.6. The second-order valence-corrected chi connectivity index (χ2v) is 6.77. The molecule has 2 heterocycles. The second-order valence-electron chi connectivity index (χ2n) is 4.69. The van der Waals surface area contributed by atoms with Crippen LogP contribution in [0.1, 0.15) is 23.2 Å². The van der Waals surface area contributed by atoms with E-state index in [2.05, 4.69) is 35.3 Å². The van der Waals surface area contributed by atoms with Crippen molar-refractivity contribution in [2.75, 3.05) is 11.5 Å². The first-order chi connectivity index (χ1) is 9.72. The van der Waals surface area contributed by atoms with Crippen molar-refractivity contribution in [2.45, 2.75) is 23.5 Å². The predicted molar refractivity (Wildman–Crippen MR) is 80.1 cm³/mol. The number of aromatic nitrogens is 2. The van der Waals surface area contributed by atoms with Crippen molar-refractivity contribution in [3.8, 4) is 0 Å². The summed E-state index contributed by atoms with van der Waals surface area (Å²) in [5, 5.41) is 3.96. The van der Waals surface area contributed by atoms with Crippen LogP contribution in [0.25, 0.3) is 0 Å². The van der Waals surface area contributed by atoms with E-state index in [0.717, 1.165) is 5.75 Å². The van der Waals surface area contributed by atoms with E-state index in [1.54, 1.807) is 23.5 Å². The maximum absolute atomic E-state index is 11.6. The molecule has 1 unspecified atom stereocenters. The molecule has 0 bridgehead atoms. The lowest BCUT2D eigenvalue weighted by molar-refractivity contribution is -0.117. The van der Waals surface area contributed by atoms with Gasteiger partial charge in [-0.25, -0.2) is 0 Å². The number of carbonyl (C=O) groups is 1. The molecule has 20 heavy (non-hydrogen) atoms. The Labute approximate surface area is 125 Å². The quantitative estimate of drug-likeness (QED) is 0.809. The number of hydrogen-bond acceptors (Lipinski definition) is 6. The van der Waals surface area contributed by atoms with Crippen molar-refractivity contribution in [1.29, 1.82) is 0 Å². The van der Waals surface area contributed by atoms with Crippen LogP contribution in [0.3, 0.4) is 0 Å². The lowest BCUT2D eigenvalue weighted by atomic mass is 10.1. The normalized spacial score (nSPS) is 18.6. The summed E-state index contributed by atoms with van der Waals surface area (Å²) in [6.45, 7) is 2.07. The van der Waals surface area contributed by atoms with Crippen LogP contribution in [-0.4, -0.2) is 27.4 Å². The molecule has 1 saturated heterocycles. The Bertz CT molecular complexity index is 627. The third kappa shape index (κ3) is 3.07. The summed E-state index contributed by atoms with van der Waals surface area (Å²) >= 11 is 3.29. The van der Waals surface area contributed by atoms with Crippen molar-refractivity contribution in [3.05, 3.63) is 41.5 Å². The summed E-state index contributed by atoms with van der Waals surface area (Å²) in [7, 11) is 0. The molecule has 0 radical (unpaired) electrons. The summed E-state index contributed by atoms with van der Waals surface area (Å²) < 4.78 is 5.22. The van der Waals surface area contributed by atoms with E-state index in [1.807, 2.05) is 6.07 Å². The zero-order chi connectivity index (χ0) is 13.9. The average Bonchev–Trinajstić information content (AvgIpc) is 3.05. The fraction of sp³-hybridized carbons (Fsp3) is 0.357. The molecule has 4 nitrogen and oxygen atoms in total. The summed E-state index contributed by atoms with van der Waals surface area (Å²) in [5.41, 5.74) is 1.23. The van der Waals surface area contributed by atoms with Gasteiger partial charge in [-0.15, -0.1) is 11.8 Å². The van der Waals surface area contributed by atoms with Crippen molar-refractivity contribution in [3.63, 3.8) is 0 Å². The smallest absolute Gasteiger partial charge is 0.238 e. The first-order valence-electron chi connectivity index (χ1n) is 6.35. The van der Waals surface area contributed by atoms with Crippen LogP contribution < -0.4 is 0 Å². The Morgan fingerprint density at radius 2 is 2.40 bits per heavy atom. The molecule has 2 aromatic rings. The van der Waals surface area contributed by atoms with Gasteiger partial charge in [0.05, 0.1) is 11.5 Å². The Hall–Kier alpha value is -1.27. The number of thioether (sulfide) groups is 2. The standard InChI is InChI=1S/C14H14N2O2S2/c1-9-3-2-4-10(5-9)20-8-13-15-14(18-16-13)11-6-19-7-12(11)17/h2-5,11H,6-8H2,1H3. The van der Waals surface area contributed by atoms with Crippen molar-refractivity contribution in [1.82, 2.24) is 10.1 Å². The zero-order valence-electron chi connectivity index (χ0n) is 11.0. The van der Waals surface area contributed by atoms with Crippen LogP contribution >= 0.6 is 23.5 Å². The fourth-order valence-corrected chi connectivity index (χ4v) is 3.94. The fourth-order valence-electron chi connectivity index (χ4n) is 2.00. The third-order valence-corrected chi connectivity index (χ3v) is 5.10. The summed E-state index contributed by atoms with van der Waals surface area (Å²) in [5.74, 6) is 3.07. The number of aryl methyl sites for hydroxylation is 1. The van der Waals surface area contributed by atoms with E-state index in [1.165, 1.54) is 10.5 Å². The highest BCUT2D eigenvalue weighted by atomic mass is 32.2. The SMILES string of the molecule is Cc1cccc(SCc2noc(C3CSCC3=O)n2)c1. The molecular weight excluding hydrogens is 292 g/mol. The monoisotopic (exact) mass is 306 g/mol. The largest absolute Gasteiger partial charge is 0.338 e.